The van der Waals surface area contributed by atoms with Crippen molar-refractivity contribution in [2.75, 3.05) is 20.7 Å². The van der Waals surface area contributed by atoms with E-state index in [1.54, 1.807) is 19.1 Å². The minimum Gasteiger partial charge on any atom is -0.487 e. The molecule has 0 heterocycles. The quantitative estimate of drug-likeness (QED) is 0.567. The normalized spacial score (nSPS) is 10.5. The Hall–Kier alpha value is -1.62. The van der Waals surface area contributed by atoms with E-state index in [1.165, 1.54) is 0 Å². The van der Waals surface area contributed by atoms with Gasteiger partial charge in [-0.25, -0.2) is 0 Å². The van der Waals surface area contributed by atoms with Crippen molar-refractivity contribution in [2.45, 2.75) is 13.5 Å². The number of ether oxygens (including phenoxy) is 1. The molecular formula is C11H16N2O3. The molecule has 0 radical (unpaired) electrons. The van der Waals surface area contributed by atoms with Crippen molar-refractivity contribution < 1.29 is 9.66 Å². The van der Waals surface area contributed by atoms with Crippen molar-refractivity contribution in [3.8, 4) is 5.75 Å². The summed E-state index contributed by atoms with van der Waals surface area (Å²) in [7, 11) is 3.84. The highest BCUT2D eigenvalue weighted by Crippen LogP contribution is 2.28. The Labute approximate surface area is 94.8 Å². The van der Waals surface area contributed by atoms with E-state index in [-0.39, 0.29) is 5.69 Å². The molecule has 5 heteroatoms. The van der Waals surface area contributed by atoms with Gasteiger partial charge in [0.25, 0.3) is 0 Å². The minimum atomic E-state index is -0.413. The molecule has 0 aliphatic carbocycles. The lowest BCUT2D eigenvalue weighted by Crippen LogP contribution is -2.11. The van der Waals surface area contributed by atoms with Gasteiger partial charge in [-0.1, -0.05) is 6.07 Å². The van der Waals surface area contributed by atoms with Gasteiger partial charge < -0.3 is 9.64 Å². The number of benzene rings is 1. The first-order chi connectivity index (χ1) is 7.54. The molecule has 0 saturated heterocycles. The Kier molecular flexibility index (Phi) is 4.25. The molecule has 0 atom stereocenters. The van der Waals surface area contributed by atoms with Crippen molar-refractivity contribution in [1.29, 1.82) is 0 Å². The van der Waals surface area contributed by atoms with E-state index in [0.29, 0.717) is 18.9 Å². The molecule has 0 amide bonds. The largest absolute Gasteiger partial charge is 0.487 e. The van der Waals surface area contributed by atoms with Crippen LogP contribution in [0, 0.1) is 10.1 Å². The molecule has 1 rings (SSSR count). The van der Waals surface area contributed by atoms with Crippen LogP contribution in [0.2, 0.25) is 0 Å². The molecule has 0 bridgehead atoms. The third kappa shape index (κ3) is 3.20. The van der Waals surface area contributed by atoms with E-state index in [0.717, 1.165) is 5.56 Å². The summed E-state index contributed by atoms with van der Waals surface area (Å²) < 4.78 is 5.20. The highest BCUT2D eigenvalue weighted by molar-refractivity contribution is 5.48. The highest BCUT2D eigenvalue weighted by Gasteiger charge is 2.15. The molecule has 0 spiro atoms. The second kappa shape index (κ2) is 5.46. The first-order valence-electron chi connectivity index (χ1n) is 5.09. The standard InChI is InChI=1S/C11H16N2O3/c1-4-16-11-6-5-9(8-12(2)3)7-10(11)13(14)15/h5-7H,4,8H2,1-3H3. The maximum Gasteiger partial charge on any atom is 0.311 e. The molecule has 0 saturated carbocycles. The molecule has 0 fully saturated rings. The van der Waals surface area contributed by atoms with E-state index in [2.05, 4.69) is 0 Å². The Morgan fingerprint density at radius 2 is 2.12 bits per heavy atom. The lowest BCUT2D eigenvalue weighted by atomic mass is 10.2. The summed E-state index contributed by atoms with van der Waals surface area (Å²) in [5.41, 5.74) is 0.932. The zero-order valence-electron chi connectivity index (χ0n) is 9.77. The lowest BCUT2D eigenvalue weighted by molar-refractivity contribution is -0.385. The van der Waals surface area contributed by atoms with Crippen molar-refractivity contribution in [3.63, 3.8) is 0 Å². The van der Waals surface area contributed by atoms with Crippen LogP contribution >= 0.6 is 0 Å². The summed E-state index contributed by atoms with van der Waals surface area (Å²) in [6.45, 7) is 2.90. The fraction of sp³-hybridized carbons (Fsp3) is 0.455. The molecule has 5 nitrogen and oxygen atoms in total. The maximum atomic E-state index is 10.8. The van der Waals surface area contributed by atoms with Crippen molar-refractivity contribution in [1.82, 2.24) is 4.90 Å². The lowest BCUT2D eigenvalue weighted by Gasteiger charge is -2.10. The Morgan fingerprint density at radius 1 is 1.44 bits per heavy atom. The van der Waals surface area contributed by atoms with Gasteiger partial charge in [-0.2, -0.15) is 0 Å². The first-order valence-corrected chi connectivity index (χ1v) is 5.09. The summed E-state index contributed by atoms with van der Waals surface area (Å²) >= 11 is 0. The van der Waals surface area contributed by atoms with Gasteiger partial charge in [-0.3, -0.25) is 10.1 Å². The number of rotatable bonds is 5. The summed E-state index contributed by atoms with van der Waals surface area (Å²) in [6.07, 6.45) is 0. The zero-order chi connectivity index (χ0) is 12.1. The van der Waals surface area contributed by atoms with Crippen LogP contribution in [0.3, 0.4) is 0 Å². The number of nitro groups is 1. The Morgan fingerprint density at radius 3 is 2.62 bits per heavy atom. The average molecular weight is 224 g/mol. The molecule has 1 aromatic rings. The Balaban J connectivity index is 3.02. The number of nitrogens with zero attached hydrogens (tertiary/aromatic N) is 2. The predicted molar refractivity (Wildman–Crippen MR) is 61.7 cm³/mol. The van der Waals surface area contributed by atoms with Gasteiger partial charge in [0.15, 0.2) is 5.75 Å². The Bertz CT molecular complexity index is 377. The molecule has 1 aromatic carbocycles. The third-order valence-electron chi connectivity index (χ3n) is 2.02. The summed E-state index contributed by atoms with van der Waals surface area (Å²) in [6, 6.07) is 5.06. The topological polar surface area (TPSA) is 55.6 Å². The SMILES string of the molecule is CCOc1ccc(CN(C)C)cc1[N+](=O)[O-]. The third-order valence-corrected chi connectivity index (χ3v) is 2.02. The van der Waals surface area contributed by atoms with Crippen LogP contribution in [0.5, 0.6) is 5.75 Å². The summed E-state index contributed by atoms with van der Waals surface area (Å²) in [5, 5.41) is 10.8. The van der Waals surface area contributed by atoms with Crippen molar-refractivity contribution >= 4 is 5.69 Å². The van der Waals surface area contributed by atoms with Crippen LogP contribution in [0.1, 0.15) is 12.5 Å². The molecular weight excluding hydrogens is 208 g/mol. The van der Waals surface area contributed by atoms with Gasteiger partial charge in [0.2, 0.25) is 0 Å². The predicted octanol–water partition coefficient (Wildman–Crippen LogP) is 2.06. The number of hydrogen-bond acceptors (Lipinski definition) is 4. The second-order valence-electron chi connectivity index (χ2n) is 3.73. The minimum absolute atomic E-state index is 0.0289. The molecule has 0 N–H and O–H groups in total. The molecule has 88 valence electrons. The molecule has 0 unspecified atom stereocenters. The van der Waals surface area contributed by atoms with Crippen LogP contribution in [0.4, 0.5) is 5.69 Å². The van der Waals surface area contributed by atoms with E-state index in [4.69, 9.17) is 4.74 Å². The van der Waals surface area contributed by atoms with Crippen molar-refractivity contribution in [2.24, 2.45) is 0 Å². The highest BCUT2D eigenvalue weighted by atomic mass is 16.6. The monoisotopic (exact) mass is 224 g/mol. The maximum absolute atomic E-state index is 10.8. The number of hydrogen-bond donors (Lipinski definition) is 0. The van der Waals surface area contributed by atoms with E-state index >= 15 is 0 Å². The summed E-state index contributed by atoms with van der Waals surface area (Å²) in [5.74, 6) is 0.329. The van der Waals surface area contributed by atoms with E-state index < -0.39 is 4.92 Å². The average Bonchev–Trinajstić information content (AvgIpc) is 2.19. The van der Waals surface area contributed by atoms with Gasteiger partial charge >= 0.3 is 5.69 Å². The van der Waals surface area contributed by atoms with Crippen LogP contribution in [0.15, 0.2) is 18.2 Å². The molecule has 0 aromatic heterocycles. The van der Waals surface area contributed by atoms with Crippen LogP contribution in [-0.4, -0.2) is 30.5 Å². The van der Waals surface area contributed by atoms with Crippen molar-refractivity contribution in [3.05, 3.63) is 33.9 Å². The zero-order valence-corrected chi connectivity index (χ0v) is 9.77. The summed E-state index contributed by atoms with van der Waals surface area (Å²) in [4.78, 5) is 12.4. The fourth-order valence-corrected chi connectivity index (χ4v) is 1.45. The van der Waals surface area contributed by atoms with Gasteiger partial charge in [0, 0.05) is 12.6 Å². The van der Waals surface area contributed by atoms with Gasteiger partial charge in [0.05, 0.1) is 11.5 Å². The van der Waals surface area contributed by atoms with Gasteiger partial charge in [-0.15, -0.1) is 0 Å². The van der Waals surface area contributed by atoms with E-state index in [9.17, 15) is 10.1 Å². The molecule has 0 aliphatic heterocycles. The fourth-order valence-electron chi connectivity index (χ4n) is 1.45. The second-order valence-corrected chi connectivity index (χ2v) is 3.73. The first kappa shape index (κ1) is 12.4. The van der Waals surface area contributed by atoms with Gasteiger partial charge in [-0.05, 0) is 32.6 Å². The van der Waals surface area contributed by atoms with Gasteiger partial charge in [0.1, 0.15) is 0 Å². The van der Waals surface area contributed by atoms with Crippen LogP contribution in [-0.2, 0) is 6.54 Å². The number of nitro benzene ring substituents is 1. The smallest absolute Gasteiger partial charge is 0.311 e. The van der Waals surface area contributed by atoms with Crippen LogP contribution in [0.25, 0.3) is 0 Å². The van der Waals surface area contributed by atoms with E-state index in [1.807, 2.05) is 25.1 Å². The van der Waals surface area contributed by atoms with Crippen LogP contribution < -0.4 is 4.74 Å². The molecule has 16 heavy (non-hydrogen) atoms. The molecule has 0 aliphatic rings.